The lowest BCUT2D eigenvalue weighted by Gasteiger charge is -2.18. The van der Waals surface area contributed by atoms with Gasteiger partial charge in [0, 0.05) is 23.7 Å². The number of carbonyl (C=O) groups is 3. The molecule has 0 saturated heterocycles. The average molecular weight is 459 g/mol. The minimum Gasteiger partial charge on any atom is -0.464 e. The molecule has 7 heteroatoms. The van der Waals surface area contributed by atoms with Crippen LogP contribution in [0.3, 0.4) is 0 Å². The van der Waals surface area contributed by atoms with Crippen molar-refractivity contribution in [3.8, 4) is 0 Å². The molecule has 0 bridgehead atoms. The van der Waals surface area contributed by atoms with Crippen molar-refractivity contribution >= 4 is 45.2 Å². The highest BCUT2D eigenvalue weighted by Crippen LogP contribution is 2.30. The SMILES string of the molecule is Cc1cccc(C)c1NC(=O)CN(C)C(=O)COC(=O)Cc1coc2ccc3ccccc3c12. The van der Waals surface area contributed by atoms with Crippen molar-refractivity contribution in [1.29, 1.82) is 0 Å². The summed E-state index contributed by atoms with van der Waals surface area (Å²) in [6.07, 6.45) is 1.52. The Labute approximate surface area is 197 Å². The highest BCUT2D eigenvalue weighted by Gasteiger charge is 2.18. The van der Waals surface area contributed by atoms with E-state index in [1.165, 1.54) is 11.9 Å². The summed E-state index contributed by atoms with van der Waals surface area (Å²) in [6, 6.07) is 17.4. The fourth-order valence-electron chi connectivity index (χ4n) is 3.96. The topological polar surface area (TPSA) is 88.9 Å². The number of amides is 2. The Balaban J connectivity index is 1.33. The van der Waals surface area contributed by atoms with E-state index in [0.717, 1.165) is 33.0 Å². The van der Waals surface area contributed by atoms with E-state index in [4.69, 9.17) is 9.15 Å². The molecule has 1 aromatic heterocycles. The molecule has 4 aromatic rings. The molecule has 2 amide bonds. The van der Waals surface area contributed by atoms with Crippen LogP contribution in [0.15, 0.2) is 65.3 Å². The van der Waals surface area contributed by atoms with Crippen LogP contribution >= 0.6 is 0 Å². The van der Waals surface area contributed by atoms with E-state index in [0.29, 0.717) is 11.1 Å². The molecule has 34 heavy (non-hydrogen) atoms. The zero-order valence-electron chi connectivity index (χ0n) is 19.4. The van der Waals surface area contributed by atoms with Gasteiger partial charge in [0.25, 0.3) is 5.91 Å². The van der Waals surface area contributed by atoms with Crippen molar-refractivity contribution in [1.82, 2.24) is 4.90 Å². The van der Waals surface area contributed by atoms with Gasteiger partial charge in [-0.3, -0.25) is 14.4 Å². The molecular weight excluding hydrogens is 432 g/mol. The van der Waals surface area contributed by atoms with Gasteiger partial charge in [-0.1, -0.05) is 48.5 Å². The number of benzene rings is 3. The first-order valence-electron chi connectivity index (χ1n) is 11.0. The number of furan rings is 1. The number of hydrogen-bond acceptors (Lipinski definition) is 5. The normalized spacial score (nSPS) is 10.9. The highest BCUT2D eigenvalue weighted by molar-refractivity contribution is 6.08. The number of nitrogens with one attached hydrogen (secondary N) is 1. The van der Waals surface area contributed by atoms with Gasteiger partial charge in [-0.15, -0.1) is 0 Å². The zero-order valence-corrected chi connectivity index (χ0v) is 19.4. The smallest absolute Gasteiger partial charge is 0.310 e. The summed E-state index contributed by atoms with van der Waals surface area (Å²) < 4.78 is 10.8. The van der Waals surface area contributed by atoms with Gasteiger partial charge in [0.05, 0.1) is 19.2 Å². The van der Waals surface area contributed by atoms with E-state index >= 15 is 0 Å². The van der Waals surface area contributed by atoms with Crippen molar-refractivity contribution in [3.05, 3.63) is 77.6 Å². The van der Waals surface area contributed by atoms with E-state index < -0.39 is 18.5 Å². The van der Waals surface area contributed by atoms with Crippen LogP contribution in [0.2, 0.25) is 0 Å². The molecule has 0 radical (unpaired) electrons. The number of hydrogen-bond donors (Lipinski definition) is 1. The van der Waals surface area contributed by atoms with Crippen LogP contribution in [0.5, 0.6) is 0 Å². The summed E-state index contributed by atoms with van der Waals surface area (Å²) in [7, 11) is 1.50. The molecule has 1 N–H and O–H groups in total. The number of fused-ring (bicyclic) bond motifs is 3. The van der Waals surface area contributed by atoms with Gasteiger partial charge >= 0.3 is 5.97 Å². The third-order valence-corrected chi connectivity index (χ3v) is 5.78. The van der Waals surface area contributed by atoms with Crippen LogP contribution in [-0.4, -0.2) is 42.9 Å². The van der Waals surface area contributed by atoms with Crippen LogP contribution < -0.4 is 5.32 Å². The van der Waals surface area contributed by atoms with Crippen LogP contribution in [0.25, 0.3) is 21.7 Å². The minimum absolute atomic E-state index is 0.0228. The van der Waals surface area contributed by atoms with Crippen LogP contribution in [0.1, 0.15) is 16.7 Å². The van der Waals surface area contributed by atoms with Crippen molar-refractivity contribution in [2.75, 3.05) is 25.5 Å². The summed E-state index contributed by atoms with van der Waals surface area (Å²) in [4.78, 5) is 38.5. The fourth-order valence-corrected chi connectivity index (χ4v) is 3.96. The number of para-hydroxylation sites is 1. The predicted octanol–water partition coefficient (Wildman–Crippen LogP) is 4.39. The zero-order chi connectivity index (χ0) is 24.2. The second kappa shape index (κ2) is 9.79. The molecule has 3 aromatic carbocycles. The quantitative estimate of drug-likeness (QED) is 0.415. The third-order valence-electron chi connectivity index (χ3n) is 5.78. The van der Waals surface area contributed by atoms with Crippen LogP contribution in [0.4, 0.5) is 5.69 Å². The number of likely N-dealkylation sites (N-methyl/N-ethyl adjacent to an activating group) is 1. The van der Waals surface area contributed by atoms with Crippen LogP contribution in [-0.2, 0) is 25.5 Å². The summed E-state index contributed by atoms with van der Waals surface area (Å²) in [6.45, 7) is 3.22. The minimum atomic E-state index is -0.544. The number of esters is 1. The van der Waals surface area contributed by atoms with Crippen molar-refractivity contribution in [3.63, 3.8) is 0 Å². The molecule has 7 nitrogen and oxygen atoms in total. The summed E-state index contributed by atoms with van der Waals surface area (Å²) in [5, 5.41) is 5.73. The van der Waals surface area contributed by atoms with Gasteiger partial charge in [0.2, 0.25) is 5.91 Å². The Morgan fingerprint density at radius 1 is 0.971 bits per heavy atom. The van der Waals surface area contributed by atoms with Crippen LogP contribution in [0, 0.1) is 13.8 Å². The molecule has 0 aliphatic rings. The molecule has 0 aliphatic carbocycles. The maximum absolute atomic E-state index is 12.4. The molecule has 0 aliphatic heterocycles. The Morgan fingerprint density at radius 2 is 1.71 bits per heavy atom. The number of anilines is 1. The van der Waals surface area contributed by atoms with Gasteiger partial charge < -0.3 is 19.4 Å². The number of rotatable bonds is 7. The van der Waals surface area contributed by atoms with E-state index in [-0.39, 0.29) is 18.9 Å². The Bertz CT molecular complexity index is 1370. The standard InChI is InChI=1S/C27H26N2O5/c1-17-7-6-8-18(2)27(17)28-23(30)14-29(3)24(31)16-34-25(32)13-20-15-33-22-12-11-19-9-4-5-10-21(19)26(20)22/h4-12,15H,13-14,16H2,1-3H3,(H,28,30). The molecule has 0 unspecified atom stereocenters. The first kappa shape index (κ1) is 23.0. The second-order valence-corrected chi connectivity index (χ2v) is 8.32. The molecular formula is C27H26N2O5. The summed E-state index contributed by atoms with van der Waals surface area (Å²) in [5.41, 5.74) is 4.00. The lowest BCUT2D eigenvalue weighted by molar-refractivity contribution is -0.151. The third kappa shape index (κ3) is 4.93. The maximum atomic E-state index is 12.4. The lowest BCUT2D eigenvalue weighted by atomic mass is 10.0. The maximum Gasteiger partial charge on any atom is 0.310 e. The fraction of sp³-hybridized carbons (Fsp3) is 0.222. The Morgan fingerprint density at radius 3 is 2.47 bits per heavy atom. The van der Waals surface area contributed by atoms with Gasteiger partial charge in [0.1, 0.15) is 5.58 Å². The molecule has 0 saturated carbocycles. The molecule has 0 spiro atoms. The molecule has 0 fully saturated rings. The van der Waals surface area contributed by atoms with E-state index in [9.17, 15) is 14.4 Å². The monoisotopic (exact) mass is 458 g/mol. The molecule has 174 valence electrons. The van der Waals surface area contributed by atoms with E-state index in [2.05, 4.69) is 5.32 Å². The molecule has 4 rings (SSSR count). The van der Waals surface area contributed by atoms with E-state index in [1.54, 1.807) is 6.26 Å². The van der Waals surface area contributed by atoms with Gasteiger partial charge in [-0.05, 0) is 41.8 Å². The van der Waals surface area contributed by atoms with Gasteiger partial charge in [0.15, 0.2) is 6.61 Å². The molecule has 0 atom stereocenters. The second-order valence-electron chi connectivity index (χ2n) is 8.32. The number of carbonyl (C=O) groups excluding carboxylic acids is 3. The van der Waals surface area contributed by atoms with Crippen molar-refractivity contribution < 1.29 is 23.5 Å². The van der Waals surface area contributed by atoms with Gasteiger partial charge in [-0.2, -0.15) is 0 Å². The number of ether oxygens (including phenoxy) is 1. The largest absolute Gasteiger partial charge is 0.464 e. The van der Waals surface area contributed by atoms with Gasteiger partial charge in [-0.25, -0.2) is 0 Å². The Hall–Kier alpha value is -4.13. The van der Waals surface area contributed by atoms with Crippen molar-refractivity contribution in [2.45, 2.75) is 20.3 Å². The Kier molecular flexibility index (Phi) is 6.63. The average Bonchev–Trinajstić information content (AvgIpc) is 3.23. The molecule has 1 heterocycles. The first-order valence-corrected chi connectivity index (χ1v) is 11.0. The first-order chi connectivity index (χ1) is 16.3. The summed E-state index contributed by atoms with van der Waals surface area (Å²) >= 11 is 0. The lowest BCUT2D eigenvalue weighted by Crippen LogP contribution is -2.37. The summed E-state index contributed by atoms with van der Waals surface area (Å²) in [5.74, 6) is -1.33. The predicted molar refractivity (Wildman–Crippen MR) is 131 cm³/mol. The number of nitrogens with zero attached hydrogens (tertiary/aromatic N) is 1. The van der Waals surface area contributed by atoms with Crippen molar-refractivity contribution in [2.24, 2.45) is 0 Å². The number of aryl methyl sites for hydroxylation is 2. The van der Waals surface area contributed by atoms with E-state index in [1.807, 2.05) is 68.4 Å². The highest BCUT2D eigenvalue weighted by atomic mass is 16.5.